The molecule has 0 aromatic heterocycles. The Bertz CT molecular complexity index is 428. The number of benzene rings is 1. The highest BCUT2D eigenvalue weighted by molar-refractivity contribution is 5.81. The van der Waals surface area contributed by atoms with Gasteiger partial charge in [-0.15, -0.1) is 0 Å². The van der Waals surface area contributed by atoms with Crippen molar-refractivity contribution >= 4 is 5.78 Å². The maximum atomic E-state index is 13.0. The van der Waals surface area contributed by atoms with Gasteiger partial charge in [0.1, 0.15) is 5.78 Å². The number of aryl methyl sites for hydroxylation is 1. The van der Waals surface area contributed by atoms with Gasteiger partial charge in [0.2, 0.25) is 0 Å². The highest BCUT2D eigenvalue weighted by Gasteiger charge is 2.20. The number of hydrogen-bond acceptors (Lipinski definition) is 2. The summed E-state index contributed by atoms with van der Waals surface area (Å²) in [4.78, 5) is 11.9. The number of rotatable bonds is 4. The van der Waals surface area contributed by atoms with E-state index >= 15 is 0 Å². The molecule has 1 saturated heterocycles. The van der Waals surface area contributed by atoms with E-state index in [2.05, 4.69) is 5.32 Å². The summed E-state index contributed by atoms with van der Waals surface area (Å²) in [5.74, 6) is -1.32. The molecule has 1 aromatic carbocycles. The van der Waals surface area contributed by atoms with Gasteiger partial charge in [0.05, 0.1) is 0 Å². The van der Waals surface area contributed by atoms with Crippen LogP contribution in [-0.4, -0.2) is 18.9 Å². The quantitative estimate of drug-likeness (QED) is 0.893. The zero-order valence-corrected chi connectivity index (χ0v) is 10.2. The second-order valence-corrected chi connectivity index (χ2v) is 4.74. The Balaban J connectivity index is 1.86. The molecule has 2 rings (SSSR count). The third-order valence-electron chi connectivity index (χ3n) is 3.44. The lowest BCUT2D eigenvalue weighted by atomic mass is 9.90. The van der Waals surface area contributed by atoms with Gasteiger partial charge in [0.25, 0.3) is 0 Å². The number of hydrogen-bond donors (Lipinski definition) is 1. The SMILES string of the molecule is O=C(CCc1ccc(F)c(F)c1)C1CCNCC1. The van der Waals surface area contributed by atoms with Crippen molar-refractivity contribution in [2.24, 2.45) is 5.92 Å². The van der Waals surface area contributed by atoms with Crippen molar-refractivity contribution in [1.29, 1.82) is 0 Å². The number of carbonyl (C=O) groups excluding carboxylic acids is 1. The standard InChI is InChI=1S/C14H17F2NO/c15-12-3-1-10(9-13(12)16)2-4-14(18)11-5-7-17-8-6-11/h1,3,9,11,17H,2,4-8H2. The average Bonchev–Trinajstić information content (AvgIpc) is 2.41. The Kier molecular flexibility index (Phi) is 4.42. The predicted molar refractivity (Wildman–Crippen MR) is 65.3 cm³/mol. The Morgan fingerprint density at radius 3 is 2.61 bits per heavy atom. The largest absolute Gasteiger partial charge is 0.317 e. The van der Waals surface area contributed by atoms with Crippen LogP contribution in [0.2, 0.25) is 0 Å². The third kappa shape index (κ3) is 3.35. The van der Waals surface area contributed by atoms with Gasteiger partial charge < -0.3 is 5.32 Å². The fourth-order valence-corrected chi connectivity index (χ4v) is 2.31. The van der Waals surface area contributed by atoms with Gasteiger partial charge in [-0.3, -0.25) is 4.79 Å². The van der Waals surface area contributed by atoms with E-state index < -0.39 is 11.6 Å². The van der Waals surface area contributed by atoms with Crippen molar-refractivity contribution in [3.8, 4) is 0 Å². The number of nitrogens with one attached hydrogen (secondary N) is 1. The zero-order chi connectivity index (χ0) is 13.0. The van der Waals surface area contributed by atoms with E-state index in [0.717, 1.165) is 32.0 Å². The van der Waals surface area contributed by atoms with Crippen LogP contribution in [0.3, 0.4) is 0 Å². The Morgan fingerprint density at radius 1 is 1.22 bits per heavy atom. The summed E-state index contributed by atoms with van der Waals surface area (Å²) in [6, 6.07) is 3.82. The lowest BCUT2D eigenvalue weighted by Crippen LogP contribution is -2.31. The number of ketones is 1. The molecule has 0 bridgehead atoms. The molecule has 1 aliphatic heterocycles. The molecule has 18 heavy (non-hydrogen) atoms. The smallest absolute Gasteiger partial charge is 0.159 e. The minimum Gasteiger partial charge on any atom is -0.317 e. The van der Waals surface area contributed by atoms with Crippen molar-refractivity contribution < 1.29 is 13.6 Å². The van der Waals surface area contributed by atoms with Gasteiger partial charge in [0.15, 0.2) is 11.6 Å². The van der Waals surface area contributed by atoms with Crippen molar-refractivity contribution in [2.45, 2.75) is 25.7 Å². The maximum Gasteiger partial charge on any atom is 0.159 e. The topological polar surface area (TPSA) is 29.1 Å². The molecule has 1 heterocycles. The second-order valence-electron chi connectivity index (χ2n) is 4.74. The maximum absolute atomic E-state index is 13.0. The van der Waals surface area contributed by atoms with E-state index in [-0.39, 0.29) is 11.7 Å². The van der Waals surface area contributed by atoms with Crippen LogP contribution in [0.4, 0.5) is 8.78 Å². The molecule has 0 saturated carbocycles. The van der Waals surface area contributed by atoms with E-state index in [9.17, 15) is 13.6 Å². The zero-order valence-electron chi connectivity index (χ0n) is 10.2. The van der Waals surface area contributed by atoms with E-state index in [1.165, 1.54) is 12.1 Å². The number of carbonyl (C=O) groups is 1. The Hall–Kier alpha value is -1.29. The minimum atomic E-state index is -0.846. The van der Waals surface area contributed by atoms with Crippen LogP contribution < -0.4 is 5.32 Å². The van der Waals surface area contributed by atoms with Crippen LogP contribution in [0.25, 0.3) is 0 Å². The summed E-state index contributed by atoms with van der Waals surface area (Å²) in [6.07, 6.45) is 2.67. The Labute approximate surface area is 105 Å². The van der Waals surface area contributed by atoms with Crippen molar-refractivity contribution in [3.63, 3.8) is 0 Å². The summed E-state index contributed by atoms with van der Waals surface area (Å²) < 4.78 is 25.7. The molecular weight excluding hydrogens is 236 g/mol. The molecule has 0 radical (unpaired) electrons. The Morgan fingerprint density at radius 2 is 1.94 bits per heavy atom. The fourth-order valence-electron chi connectivity index (χ4n) is 2.31. The molecule has 0 spiro atoms. The molecule has 2 nitrogen and oxygen atoms in total. The lowest BCUT2D eigenvalue weighted by Gasteiger charge is -2.21. The number of halogens is 2. The van der Waals surface area contributed by atoms with Gasteiger partial charge in [-0.1, -0.05) is 6.07 Å². The van der Waals surface area contributed by atoms with Crippen molar-refractivity contribution in [1.82, 2.24) is 5.32 Å². The van der Waals surface area contributed by atoms with Gasteiger partial charge in [-0.25, -0.2) is 8.78 Å². The van der Waals surface area contributed by atoms with Gasteiger partial charge >= 0.3 is 0 Å². The fraction of sp³-hybridized carbons (Fsp3) is 0.500. The van der Waals surface area contributed by atoms with Gasteiger partial charge in [-0.2, -0.15) is 0 Å². The highest BCUT2D eigenvalue weighted by atomic mass is 19.2. The summed E-state index contributed by atoms with van der Waals surface area (Å²) in [6.45, 7) is 1.78. The van der Waals surface area contributed by atoms with E-state index in [0.29, 0.717) is 18.4 Å². The van der Waals surface area contributed by atoms with Crippen LogP contribution in [0.15, 0.2) is 18.2 Å². The van der Waals surface area contributed by atoms with Crippen molar-refractivity contribution in [3.05, 3.63) is 35.4 Å². The molecular formula is C14H17F2NO. The van der Waals surface area contributed by atoms with E-state index in [4.69, 9.17) is 0 Å². The monoisotopic (exact) mass is 253 g/mol. The molecule has 0 aliphatic carbocycles. The van der Waals surface area contributed by atoms with Gasteiger partial charge in [0, 0.05) is 12.3 Å². The minimum absolute atomic E-state index is 0.136. The highest BCUT2D eigenvalue weighted by Crippen LogP contribution is 2.17. The molecule has 0 amide bonds. The van der Waals surface area contributed by atoms with Crippen LogP contribution in [0.1, 0.15) is 24.8 Å². The summed E-state index contributed by atoms with van der Waals surface area (Å²) >= 11 is 0. The molecule has 0 atom stereocenters. The van der Waals surface area contributed by atoms with Crippen LogP contribution in [-0.2, 0) is 11.2 Å². The van der Waals surface area contributed by atoms with E-state index in [1.54, 1.807) is 0 Å². The van der Waals surface area contributed by atoms with Crippen LogP contribution in [0, 0.1) is 17.6 Å². The van der Waals surface area contributed by atoms with Crippen LogP contribution in [0.5, 0.6) is 0 Å². The number of piperidine rings is 1. The first kappa shape index (κ1) is 13.1. The number of Topliss-reactive ketones (excluding diaryl/α,β-unsaturated/α-hetero) is 1. The summed E-state index contributed by atoms with van der Waals surface area (Å²) in [5.41, 5.74) is 0.677. The first-order chi connectivity index (χ1) is 8.66. The molecule has 1 N–H and O–H groups in total. The first-order valence-electron chi connectivity index (χ1n) is 6.34. The second kappa shape index (κ2) is 6.05. The van der Waals surface area contributed by atoms with Crippen molar-refractivity contribution in [2.75, 3.05) is 13.1 Å². The molecule has 4 heteroatoms. The molecule has 1 aromatic rings. The predicted octanol–water partition coefficient (Wildman–Crippen LogP) is 2.47. The molecule has 98 valence electrons. The first-order valence-corrected chi connectivity index (χ1v) is 6.34. The molecule has 1 aliphatic rings. The summed E-state index contributed by atoms with van der Waals surface area (Å²) in [5, 5.41) is 3.21. The summed E-state index contributed by atoms with van der Waals surface area (Å²) in [7, 11) is 0. The van der Waals surface area contributed by atoms with E-state index in [1.807, 2.05) is 0 Å². The third-order valence-corrected chi connectivity index (χ3v) is 3.44. The normalized spacial score (nSPS) is 16.8. The van der Waals surface area contributed by atoms with Crippen LogP contribution >= 0.6 is 0 Å². The average molecular weight is 253 g/mol. The molecule has 1 fully saturated rings. The van der Waals surface area contributed by atoms with Gasteiger partial charge in [-0.05, 0) is 50.0 Å². The lowest BCUT2D eigenvalue weighted by molar-refractivity contribution is -0.123. The molecule has 0 unspecified atom stereocenters.